The van der Waals surface area contributed by atoms with E-state index in [1.807, 2.05) is 49.4 Å². The van der Waals surface area contributed by atoms with E-state index in [0.29, 0.717) is 24.4 Å². The van der Waals surface area contributed by atoms with Crippen LogP contribution in [-0.4, -0.2) is 72.6 Å². The van der Waals surface area contributed by atoms with Crippen molar-refractivity contribution in [3.63, 3.8) is 0 Å². The lowest BCUT2D eigenvalue weighted by atomic mass is 9.94. The molecule has 7 nitrogen and oxygen atoms in total. The average Bonchev–Trinajstić information content (AvgIpc) is 2.87. The summed E-state index contributed by atoms with van der Waals surface area (Å²) in [6.07, 6.45) is 0. The molecule has 2 aliphatic rings. The van der Waals surface area contributed by atoms with Crippen LogP contribution in [0.3, 0.4) is 0 Å². The highest BCUT2D eigenvalue weighted by atomic mass is 19.1. The number of hydrogen-bond acceptors (Lipinski definition) is 5. The third kappa shape index (κ3) is 5.89. The van der Waals surface area contributed by atoms with E-state index >= 15 is 0 Å². The standard InChI is InChI=1S/C27H33FN4O3/c1-3-32-23(19-31-16-14-30(15-17-31)18-20-10-12-22(28)13-11-20)24(26(33)35-4-2)25(29-27(32)34)21-8-6-5-7-9-21/h5-13,25H,3-4,14-19H2,1-2H3,(H,29,34)/t25-/m1/s1. The van der Waals surface area contributed by atoms with Gasteiger partial charge in [-0.3, -0.25) is 14.7 Å². The van der Waals surface area contributed by atoms with Crippen LogP contribution < -0.4 is 5.32 Å². The topological polar surface area (TPSA) is 65.1 Å². The van der Waals surface area contributed by atoms with E-state index in [0.717, 1.165) is 43.9 Å². The summed E-state index contributed by atoms with van der Waals surface area (Å²) >= 11 is 0. The molecule has 0 aromatic heterocycles. The summed E-state index contributed by atoms with van der Waals surface area (Å²) in [5.41, 5.74) is 3.13. The molecule has 2 aliphatic heterocycles. The van der Waals surface area contributed by atoms with Crippen molar-refractivity contribution in [2.24, 2.45) is 0 Å². The van der Waals surface area contributed by atoms with Gasteiger partial charge in [-0.25, -0.2) is 14.0 Å². The Morgan fingerprint density at radius 1 is 0.971 bits per heavy atom. The number of nitrogens with one attached hydrogen (secondary N) is 1. The normalized spacial score (nSPS) is 19.6. The fraction of sp³-hybridized carbons (Fsp3) is 0.407. The molecule has 35 heavy (non-hydrogen) atoms. The molecule has 2 aromatic rings. The van der Waals surface area contributed by atoms with Crippen molar-refractivity contribution in [3.8, 4) is 0 Å². The Kier molecular flexibility index (Phi) is 8.15. The molecule has 1 N–H and O–H groups in total. The van der Waals surface area contributed by atoms with Crippen LogP contribution in [0.25, 0.3) is 0 Å². The Bertz CT molecular complexity index is 1050. The Morgan fingerprint density at radius 3 is 2.20 bits per heavy atom. The lowest BCUT2D eigenvalue weighted by Gasteiger charge is -2.40. The number of nitrogens with zero attached hydrogens (tertiary/aromatic N) is 3. The number of rotatable bonds is 8. The molecule has 0 spiro atoms. The molecular weight excluding hydrogens is 447 g/mol. The molecule has 186 valence electrons. The maximum Gasteiger partial charge on any atom is 0.338 e. The van der Waals surface area contributed by atoms with Crippen LogP contribution in [0.4, 0.5) is 9.18 Å². The van der Waals surface area contributed by atoms with Gasteiger partial charge in [0.15, 0.2) is 0 Å². The molecule has 0 bridgehead atoms. The first-order chi connectivity index (χ1) is 17.0. The summed E-state index contributed by atoms with van der Waals surface area (Å²) in [6, 6.07) is 15.4. The highest BCUT2D eigenvalue weighted by molar-refractivity contribution is 5.95. The lowest BCUT2D eigenvalue weighted by molar-refractivity contribution is -0.139. The van der Waals surface area contributed by atoms with Crippen LogP contribution in [0, 0.1) is 5.82 Å². The summed E-state index contributed by atoms with van der Waals surface area (Å²) in [6.45, 7) is 8.97. The molecule has 8 heteroatoms. The number of halogens is 1. The quantitative estimate of drug-likeness (QED) is 0.586. The molecule has 2 heterocycles. The zero-order chi connectivity index (χ0) is 24.8. The number of likely N-dealkylation sites (N-methyl/N-ethyl adjacent to an activating group) is 1. The first kappa shape index (κ1) is 24.9. The molecule has 0 radical (unpaired) electrons. The number of carbonyl (C=O) groups is 2. The van der Waals surface area contributed by atoms with Crippen molar-refractivity contribution in [2.45, 2.75) is 26.4 Å². The highest BCUT2D eigenvalue weighted by Crippen LogP contribution is 2.32. The van der Waals surface area contributed by atoms with E-state index < -0.39 is 12.0 Å². The van der Waals surface area contributed by atoms with E-state index in [-0.39, 0.29) is 18.5 Å². The van der Waals surface area contributed by atoms with Gasteiger partial charge < -0.3 is 10.1 Å². The van der Waals surface area contributed by atoms with Gasteiger partial charge in [0.25, 0.3) is 0 Å². The Labute approximate surface area is 206 Å². The van der Waals surface area contributed by atoms with Crippen molar-refractivity contribution >= 4 is 12.0 Å². The minimum Gasteiger partial charge on any atom is -0.463 e. The van der Waals surface area contributed by atoms with Crippen LogP contribution in [0.5, 0.6) is 0 Å². The fourth-order valence-corrected chi connectivity index (χ4v) is 4.72. The van der Waals surface area contributed by atoms with Gasteiger partial charge in [0, 0.05) is 51.5 Å². The maximum atomic E-state index is 13.2. The van der Waals surface area contributed by atoms with Crippen LogP contribution in [0.15, 0.2) is 65.9 Å². The van der Waals surface area contributed by atoms with Crippen molar-refractivity contribution in [1.82, 2.24) is 20.0 Å². The number of ether oxygens (including phenoxy) is 1. The Morgan fingerprint density at radius 2 is 1.60 bits per heavy atom. The molecule has 2 aromatic carbocycles. The smallest absolute Gasteiger partial charge is 0.338 e. The van der Waals surface area contributed by atoms with Crippen molar-refractivity contribution in [1.29, 1.82) is 0 Å². The first-order valence-corrected chi connectivity index (χ1v) is 12.2. The number of urea groups is 1. The van der Waals surface area contributed by atoms with Crippen molar-refractivity contribution in [3.05, 3.63) is 82.8 Å². The number of piperazine rings is 1. The summed E-state index contributed by atoms with van der Waals surface area (Å²) in [7, 11) is 0. The molecular formula is C27H33FN4O3. The van der Waals surface area contributed by atoms with E-state index in [9.17, 15) is 14.0 Å². The molecule has 4 rings (SSSR count). The summed E-state index contributed by atoms with van der Waals surface area (Å²) < 4.78 is 18.7. The van der Waals surface area contributed by atoms with Crippen molar-refractivity contribution in [2.75, 3.05) is 45.9 Å². The minimum atomic E-state index is -0.555. The van der Waals surface area contributed by atoms with Crippen LogP contribution in [0.1, 0.15) is 31.0 Å². The molecule has 1 atom stereocenters. The van der Waals surface area contributed by atoms with E-state index in [1.54, 1.807) is 11.8 Å². The fourth-order valence-electron chi connectivity index (χ4n) is 4.72. The predicted octanol–water partition coefficient (Wildman–Crippen LogP) is 3.55. The first-order valence-electron chi connectivity index (χ1n) is 12.2. The monoisotopic (exact) mass is 480 g/mol. The molecule has 0 unspecified atom stereocenters. The average molecular weight is 481 g/mol. The highest BCUT2D eigenvalue weighted by Gasteiger charge is 2.38. The Balaban J connectivity index is 1.55. The van der Waals surface area contributed by atoms with E-state index in [1.165, 1.54) is 12.1 Å². The van der Waals surface area contributed by atoms with Crippen LogP contribution in [0.2, 0.25) is 0 Å². The molecule has 0 aliphatic carbocycles. The van der Waals surface area contributed by atoms with Crippen LogP contribution >= 0.6 is 0 Å². The Hall–Kier alpha value is -3.23. The minimum absolute atomic E-state index is 0.209. The summed E-state index contributed by atoms with van der Waals surface area (Å²) in [5.74, 6) is -0.625. The second kappa shape index (κ2) is 11.5. The number of hydrogen-bond donors (Lipinski definition) is 1. The zero-order valence-electron chi connectivity index (χ0n) is 20.4. The maximum absolute atomic E-state index is 13.2. The van der Waals surface area contributed by atoms with Crippen molar-refractivity contribution < 1.29 is 18.7 Å². The third-order valence-electron chi connectivity index (χ3n) is 6.54. The SMILES string of the molecule is CCOC(=O)C1=C(CN2CCN(Cc3ccc(F)cc3)CC2)N(CC)C(=O)N[C@@H]1c1ccccc1. The molecule has 2 amide bonds. The lowest BCUT2D eigenvalue weighted by Crippen LogP contribution is -2.53. The summed E-state index contributed by atoms with van der Waals surface area (Å²) in [4.78, 5) is 32.5. The zero-order valence-corrected chi connectivity index (χ0v) is 20.4. The van der Waals surface area contributed by atoms with Gasteiger partial charge >= 0.3 is 12.0 Å². The van der Waals surface area contributed by atoms with Gasteiger partial charge in [-0.1, -0.05) is 42.5 Å². The molecule has 1 fully saturated rings. The molecule has 0 saturated carbocycles. The van der Waals surface area contributed by atoms with Gasteiger partial charge in [0.1, 0.15) is 5.82 Å². The summed E-state index contributed by atoms with van der Waals surface area (Å²) in [5, 5.41) is 3.00. The van der Waals surface area contributed by atoms with E-state index in [2.05, 4.69) is 15.1 Å². The second-order valence-corrected chi connectivity index (χ2v) is 8.80. The van der Waals surface area contributed by atoms with E-state index in [4.69, 9.17) is 4.74 Å². The van der Waals surface area contributed by atoms with Gasteiger partial charge in [-0.15, -0.1) is 0 Å². The largest absolute Gasteiger partial charge is 0.463 e. The number of benzene rings is 2. The molecule has 1 saturated heterocycles. The van der Waals surface area contributed by atoms with Crippen LogP contribution in [-0.2, 0) is 16.1 Å². The number of esters is 1. The third-order valence-corrected chi connectivity index (χ3v) is 6.54. The van der Waals surface area contributed by atoms with Gasteiger partial charge in [0.05, 0.1) is 18.2 Å². The second-order valence-electron chi connectivity index (χ2n) is 8.80. The predicted molar refractivity (Wildman–Crippen MR) is 132 cm³/mol. The van der Waals surface area contributed by atoms with Gasteiger partial charge in [-0.05, 0) is 37.1 Å². The van der Waals surface area contributed by atoms with Gasteiger partial charge in [-0.2, -0.15) is 0 Å². The number of carbonyl (C=O) groups excluding carboxylic acids is 2. The van der Waals surface area contributed by atoms with Gasteiger partial charge in [0.2, 0.25) is 0 Å². The number of amides is 2.